The lowest BCUT2D eigenvalue weighted by Crippen LogP contribution is -2.18. The van der Waals surface area contributed by atoms with Gasteiger partial charge in [0.25, 0.3) is 0 Å². The van der Waals surface area contributed by atoms with Crippen molar-refractivity contribution in [2.24, 2.45) is 0 Å². The molecule has 13 heavy (non-hydrogen) atoms. The molecule has 0 saturated carbocycles. The second-order valence-corrected chi connectivity index (χ2v) is 2.56. The summed E-state index contributed by atoms with van der Waals surface area (Å²) in [6.45, 7) is 12.1. The number of carbonyl (C=O) groups excluding carboxylic acids is 2. The van der Waals surface area contributed by atoms with Crippen molar-refractivity contribution in [3.8, 4) is 0 Å². The second kappa shape index (κ2) is 8.71. The van der Waals surface area contributed by atoms with Crippen molar-refractivity contribution in [2.75, 3.05) is 6.54 Å². The molecule has 0 aliphatic rings. The van der Waals surface area contributed by atoms with E-state index in [-0.39, 0.29) is 11.7 Å². The van der Waals surface area contributed by atoms with Gasteiger partial charge in [0.1, 0.15) is 0 Å². The molecule has 0 aromatic heterocycles. The molecule has 0 spiro atoms. The van der Waals surface area contributed by atoms with Crippen LogP contribution < -0.4 is 5.32 Å². The van der Waals surface area contributed by atoms with E-state index in [2.05, 4.69) is 18.5 Å². The zero-order valence-electron chi connectivity index (χ0n) is 8.52. The Hall–Kier alpha value is -1.38. The number of hydrogen-bond acceptors (Lipinski definition) is 2. The summed E-state index contributed by atoms with van der Waals surface area (Å²) >= 11 is 0. The van der Waals surface area contributed by atoms with Gasteiger partial charge < -0.3 is 5.32 Å². The second-order valence-electron chi connectivity index (χ2n) is 2.56. The number of carbonyl (C=O) groups is 2. The fourth-order valence-electron chi connectivity index (χ4n) is 0.216. The van der Waals surface area contributed by atoms with E-state index in [0.29, 0.717) is 12.1 Å². The molecule has 0 aromatic carbocycles. The van der Waals surface area contributed by atoms with Crippen molar-refractivity contribution in [3.05, 3.63) is 24.8 Å². The first-order valence-electron chi connectivity index (χ1n) is 3.93. The first kappa shape index (κ1) is 14.2. The van der Waals surface area contributed by atoms with Crippen LogP contribution in [0.5, 0.6) is 0 Å². The summed E-state index contributed by atoms with van der Waals surface area (Å²) < 4.78 is 0. The minimum Gasteiger partial charge on any atom is -0.353 e. The number of allylic oxidation sites excluding steroid dienone is 1. The number of amides is 1. The van der Waals surface area contributed by atoms with Crippen LogP contribution in [0.2, 0.25) is 0 Å². The highest BCUT2D eigenvalue weighted by atomic mass is 16.1. The Bertz CT molecular complexity index is 195. The molecule has 3 nitrogen and oxygen atoms in total. The highest BCUT2D eigenvalue weighted by molar-refractivity contribution is 5.91. The average Bonchev–Trinajstić information content (AvgIpc) is 2.01. The van der Waals surface area contributed by atoms with Crippen LogP contribution in [0.3, 0.4) is 0 Å². The fourth-order valence-corrected chi connectivity index (χ4v) is 0.216. The molecule has 0 aliphatic carbocycles. The Kier molecular flexibility index (Phi) is 9.49. The third-order valence-electron chi connectivity index (χ3n) is 1.10. The Morgan fingerprint density at radius 3 is 1.77 bits per heavy atom. The van der Waals surface area contributed by atoms with Gasteiger partial charge in [-0.2, -0.15) is 0 Å². The van der Waals surface area contributed by atoms with E-state index in [4.69, 9.17) is 0 Å². The Morgan fingerprint density at radius 1 is 1.31 bits per heavy atom. The third kappa shape index (κ3) is 18.0. The van der Waals surface area contributed by atoms with Gasteiger partial charge in [0, 0.05) is 13.5 Å². The molecule has 74 valence electrons. The van der Waals surface area contributed by atoms with E-state index in [1.54, 1.807) is 13.0 Å². The van der Waals surface area contributed by atoms with Crippen LogP contribution >= 0.6 is 0 Å². The minimum absolute atomic E-state index is 0.0140. The van der Waals surface area contributed by atoms with Crippen molar-refractivity contribution in [2.45, 2.75) is 20.8 Å². The standard InChI is InChI=1S/C5H9NO.C5H8O/c1-3-4-6-5(2)7;1-4(2)5(3)6/h3H,1,4H2,2H3,(H,6,7);1H2,2-3H3. The number of rotatable bonds is 3. The largest absolute Gasteiger partial charge is 0.353 e. The number of hydrogen-bond donors (Lipinski definition) is 1. The first-order chi connectivity index (χ1) is 5.91. The fraction of sp³-hybridized carbons (Fsp3) is 0.400. The summed E-state index contributed by atoms with van der Waals surface area (Å²) in [5.41, 5.74) is 0.620. The van der Waals surface area contributed by atoms with Crippen LogP contribution in [-0.2, 0) is 9.59 Å². The molecule has 0 bridgehead atoms. The van der Waals surface area contributed by atoms with Crippen molar-refractivity contribution in [1.82, 2.24) is 5.32 Å². The Labute approximate surface area is 79.5 Å². The highest BCUT2D eigenvalue weighted by Crippen LogP contribution is 1.84. The highest BCUT2D eigenvalue weighted by Gasteiger charge is 1.85. The SMILES string of the molecule is C=C(C)C(C)=O.C=CCNC(C)=O. The van der Waals surface area contributed by atoms with Crippen molar-refractivity contribution >= 4 is 11.7 Å². The van der Waals surface area contributed by atoms with Gasteiger partial charge in [-0.25, -0.2) is 0 Å². The Morgan fingerprint density at radius 2 is 1.69 bits per heavy atom. The zero-order valence-corrected chi connectivity index (χ0v) is 8.52. The third-order valence-corrected chi connectivity index (χ3v) is 1.10. The van der Waals surface area contributed by atoms with Crippen molar-refractivity contribution in [1.29, 1.82) is 0 Å². The van der Waals surface area contributed by atoms with Gasteiger partial charge in [-0.3, -0.25) is 9.59 Å². The van der Waals surface area contributed by atoms with E-state index < -0.39 is 0 Å². The summed E-state index contributed by atoms with van der Waals surface area (Å²) in [5, 5.41) is 2.54. The molecule has 1 amide bonds. The van der Waals surface area contributed by atoms with Gasteiger partial charge in [0.15, 0.2) is 5.78 Å². The minimum atomic E-state index is -0.0140. The lowest BCUT2D eigenvalue weighted by atomic mass is 10.3. The van der Waals surface area contributed by atoms with E-state index in [0.717, 1.165) is 0 Å². The van der Waals surface area contributed by atoms with Crippen LogP contribution in [-0.4, -0.2) is 18.2 Å². The quantitative estimate of drug-likeness (QED) is 0.532. The van der Waals surface area contributed by atoms with Gasteiger partial charge in [-0.1, -0.05) is 12.7 Å². The zero-order chi connectivity index (χ0) is 10.9. The summed E-state index contributed by atoms with van der Waals surface area (Å²) in [7, 11) is 0. The van der Waals surface area contributed by atoms with E-state index in [9.17, 15) is 9.59 Å². The molecule has 0 radical (unpaired) electrons. The van der Waals surface area contributed by atoms with E-state index >= 15 is 0 Å². The molecule has 0 aliphatic heterocycles. The number of nitrogens with one attached hydrogen (secondary N) is 1. The molecule has 0 unspecified atom stereocenters. The van der Waals surface area contributed by atoms with Gasteiger partial charge in [0.2, 0.25) is 5.91 Å². The topological polar surface area (TPSA) is 46.2 Å². The molecule has 0 rings (SSSR count). The van der Waals surface area contributed by atoms with Crippen molar-refractivity contribution < 1.29 is 9.59 Å². The van der Waals surface area contributed by atoms with Crippen LogP contribution in [0, 0.1) is 0 Å². The average molecular weight is 183 g/mol. The van der Waals surface area contributed by atoms with Crippen LogP contribution in [0.4, 0.5) is 0 Å². The maximum Gasteiger partial charge on any atom is 0.217 e. The first-order valence-corrected chi connectivity index (χ1v) is 3.93. The molecule has 0 aromatic rings. The number of ketones is 1. The smallest absolute Gasteiger partial charge is 0.217 e. The van der Waals surface area contributed by atoms with Crippen LogP contribution in [0.25, 0.3) is 0 Å². The van der Waals surface area contributed by atoms with Crippen LogP contribution in [0.1, 0.15) is 20.8 Å². The predicted octanol–water partition coefficient (Wildman–Crippen LogP) is 1.46. The molecule has 0 atom stereocenters. The molecule has 3 heteroatoms. The maximum absolute atomic E-state index is 10.0. The molecule has 1 N–H and O–H groups in total. The summed E-state index contributed by atoms with van der Waals surface area (Å²) in [4.78, 5) is 20.1. The summed E-state index contributed by atoms with van der Waals surface area (Å²) in [5.74, 6) is 0.0508. The Balaban J connectivity index is 0. The van der Waals surface area contributed by atoms with Crippen molar-refractivity contribution in [3.63, 3.8) is 0 Å². The lowest BCUT2D eigenvalue weighted by Gasteiger charge is -1.90. The molecular formula is C10H17NO2. The normalized spacial score (nSPS) is 7.62. The van der Waals surface area contributed by atoms with Gasteiger partial charge in [-0.15, -0.1) is 6.58 Å². The lowest BCUT2D eigenvalue weighted by molar-refractivity contribution is -0.118. The van der Waals surface area contributed by atoms with Gasteiger partial charge >= 0.3 is 0 Å². The molecular weight excluding hydrogens is 166 g/mol. The van der Waals surface area contributed by atoms with E-state index in [1.807, 2.05) is 0 Å². The van der Waals surface area contributed by atoms with Crippen LogP contribution in [0.15, 0.2) is 24.8 Å². The molecule has 0 saturated heterocycles. The molecule has 0 heterocycles. The molecule has 0 fully saturated rings. The maximum atomic E-state index is 10.0. The monoisotopic (exact) mass is 183 g/mol. The van der Waals surface area contributed by atoms with Gasteiger partial charge in [0.05, 0.1) is 0 Å². The predicted molar refractivity (Wildman–Crippen MR) is 54.4 cm³/mol. The van der Waals surface area contributed by atoms with E-state index in [1.165, 1.54) is 13.8 Å². The summed E-state index contributed by atoms with van der Waals surface area (Å²) in [6.07, 6.45) is 1.64. The number of Topliss-reactive ketones (excluding diaryl/α,β-unsaturated/α-hetero) is 1. The van der Waals surface area contributed by atoms with Gasteiger partial charge in [-0.05, 0) is 19.4 Å². The summed E-state index contributed by atoms with van der Waals surface area (Å²) in [6, 6.07) is 0.